The van der Waals surface area contributed by atoms with Gasteiger partial charge in [-0.15, -0.1) is 0 Å². The van der Waals surface area contributed by atoms with Gasteiger partial charge in [-0.1, -0.05) is 364 Å². The van der Waals surface area contributed by atoms with Crippen LogP contribution in [0.1, 0.15) is 44.5 Å². The fraction of sp³-hybridized carbons (Fsp3) is 0.0192. The Bertz CT molecular complexity index is 6120. The molecule has 0 N–H and O–H groups in total. The maximum absolute atomic E-state index is 2.61. The summed E-state index contributed by atoms with van der Waals surface area (Å²) in [4.78, 5) is 0. The van der Waals surface area contributed by atoms with Crippen LogP contribution < -0.4 is 0 Å². The summed E-state index contributed by atoms with van der Waals surface area (Å²) in [5, 5.41) is 7.00. The smallest absolute Gasteiger partial charge is 0.0714 e. The van der Waals surface area contributed by atoms with Gasteiger partial charge in [0.15, 0.2) is 0 Å². The molecule has 0 bridgehead atoms. The Balaban J connectivity index is 0.927. The number of aromatic nitrogens is 2. The van der Waals surface area contributed by atoms with E-state index in [1.54, 1.807) is 0 Å². The summed E-state index contributed by atoms with van der Waals surface area (Å²) in [7, 11) is 0. The molecule has 0 aliphatic heterocycles. The molecule has 0 amide bonds. The van der Waals surface area contributed by atoms with Crippen molar-refractivity contribution in [2.24, 2.45) is 0 Å². The first-order chi connectivity index (χ1) is 52.6. The predicted molar refractivity (Wildman–Crippen MR) is 442 cm³/mol. The number of benzene rings is 17. The zero-order chi connectivity index (χ0) is 69.9. The quantitative estimate of drug-likeness (QED) is 0.108. The molecule has 2 aromatic heterocycles. The van der Waals surface area contributed by atoms with Crippen molar-refractivity contribution in [3.63, 3.8) is 0 Å². The lowest BCUT2D eigenvalue weighted by atomic mass is 9.67. The van der Waals surface area contributed by atoms with E-state index in [-0.39, 0.29) is 0 Å². The number of hydrogen-bond acceptors (Lipinski definition) is 0. The lowest BCUT2D eigenvalue weighted by molar-refractivity contribution is 0.767. The van der Waals surface area contributed by atoms with Crippen LogP contribution in [-0.4, -0.2) is 9.13 Å². The van der Waals surface area contributed by atoms with Gasteiger partial charge in [-0.2, -0.15) is 0 Å². The van der Waals surface area contributed by atoms with Gasteiger partial charge in [-0.3, -0.25) is 0 Å². The minimum Gasteiger partial charge on any atom is -0.309 e. The number of fused-ring (bicyclic) bond motifs is 10. The third-order valence-corrected chi connectivity index (χ3v) is 23.0. The molecule has 2 aliphatic carbocycles. The molecule has 0 saturated carbocycles. The Morgan fingerprint density at radius 1 is 0.170 bits per heavy atom. The molecule has 0 fully saturated rings. The topological polar surface area (TPSA) is 9.86 Å². The third kappa shape index (κ3) is 9.05. The Labute approximate surface area is 617 Å². The highest BCUT2D eigenvalue weighted by Gasteiger charge is 2.48. The van der Waals surface area contributed by atoms with E-state index in [4.69, 9.17) is 0 Å². The average Bonchev–Trinajstić information content (AvgIpc) is 1.51. The van der Waals surface area contributed by atoms with Crippen molar-refractivity contribution in [3.05, 3.63) is 457 Å². The van der Waals surface area contributed by atoms with Crippen LogP contribution in [0.15, 0.2) is 413 Å². The first-order valence-corrected chi connectivity index (χ1v) is 36.9. The van der Waals surface area contributed by atoms with E-state index in [9.17, 15) is 0 Å². The van der Waals surface area contributed by atoms with E-state index in [1.807, 2.05) is 0 Å². The summed E-state index contributed by atoms with van der Waals surface area (Å²) in [5.74, 6) is 0. The van der Waals surface area contributed by atoms with Gasteiger partial charge >= 0.3 is 0 Å². The average molecular weight is 1350 g/mol. The lowest BCUT2D eigenvalue weighted by Gasteiger charge is -2.34. The monoisotopic (exact) mass is 1340 g/mol. The van der Waals surface area contributed by atoms with Crippen molar-refractivity contribution in [1.82, 2.24) is 9.13 Å². The Kier molecular flexibility index (Phi) is 14.1. The second kappa shape index (κ2) is 24.5. The summed E-state index contributed by atoms with van der Waals surface area (Å²) >= 11 is 0. The van der Waals surface area contributed by atoms with Crippen LogP contribution in [0.2, 0.25) is 0 Å². The van der Waals surface area contributed by atoms with Crippen LogP contribution in [0.4, 0.5) is 0 Å². The Hall–Kier alpha value is -13.7. The zero-order valence-corrected chi connectivity index (χ0v) is 58.2. The minimum absolute atomic E-state index is 0.621. The van der Waals surface area contributed by atoms with Gasteiger partial charge in [-0.05, 0) is 181 Å². The van der Waals surface area contributed by atoms with Gasteiger partial charge < -0.3 is 9.13 Å². The maximum Gasteiger partial charge on any atom is 0.0714 e. The van der Waals surface area contributed by atoms with Gasteiger partial charge in [0.2, 0.25) is 0 Å². The standard InChI is InChI=1S/C104H68N2/c1-11-35-69(36-12-1)97-85-65-89-96(106(101(73-43-19-5-20-44-73)99(89)71-39-15-3-16-40-71)80-60-62-84-82-56-32-34-58-92(82)104(94(84)64-80,77-51-27-9-28-52-77)78-53-29-10-30-54-78)68-88(85)98(70-37-13-2-14-38-70)86-66-90-95(67-87(86)97)105(102(74-45-21-6-22-46-74)100(90)72-41-17-4-18-42-72)79-59-61-83-81-55-31-33-57-91(81)103(93(83)63-79,75-47-23-7-24-48-75)76-49-25-8-26-50-76/h1-68H. The summed E-state index contributed by atoms with van der Waals surface area (Å²) in [6, 6.07) is 155. The molecule has 0 spiro atoms. The van der Waals surface area contributed by atoms with Crippen molar-refractivity contribution >= 4 is 43.4 Å². The van der Waals surface area contributed by atoms with E-state index in [1.165, 1.54) is 111 Å². The third-order valence-electron chi connectivity index (χ3n) is 23.0. The molecule has 2 aliphatic rings. The predicted octanol–water partition coefficient (Wildman–Crippen LogP) is 26.6. The maximum atomic E-state index is 2.61. The molecule has 0 radical (unpaired) electrons. The molecule has 494 valence electrons. The minimum atomic E-state index is -0.621. The van der Waals surface area contributed by atoms with Crippen molar-refractivity contribution < 1.29 is 0 Å². The summed E-state index contributed by atoms with van der Waals surface area (Å²) in [6.07, 6.45) is 0. The first-order valence-electron chi connectivity index (χ1n) is 36.9. The molecule has 17 aromatic carbocycles. The van der Waals surface area contributed by atoms with Gasteiger partial charge in [-0.25, -0.2) is 0 Å². The molecule has 21 rings (SSSR count). The van der Waals surface area contributed by atoms with E-state index < -0.39 is 10.8 Å². The highest BCUT2D eigenvalue weighted by Crippen LogP contribution is 2.60. The molecule has 19 aromatic rings. The molecular weight excluding hydrogens is 1280 g/mol. The van der Waals surface area contributed by atoms with Gasteiger partial charge in [0.05, 0.1) is 33.3 Å². The van der Waals surface area contributed by atoms with Gasteiger partial charge in [0, 0.05) is 33.3 Å². The zero-order valence-electron chi connectivity index (χ0n) is 58.2. The summed E-state index contributed by atoms with van der Waals surface area (Å²) in [5.41, 5.74) is 32.0. The van der Waals surface area contributed by atoms with Crippen LogP contribution >= 0.6 is 0 Å². The van der Waals surface area contributed by atoms with Crippen LogP contribution in [0.25, 0.3) is 144 Å². The fourth-order valence-corrected chi connectivity index (χ4v) is 18.8. The molecule has 2 nitrogen and oxygen atoms in total. The van der Waals surface area contributed by atoms with E-state index in [2.05, 4.69) is 422 Å². The first kappa shape index (κ1) is 61.0. The lowest BCUT2D eigenvalue weighted by Crippen LogP contribution is -2.28. The van der Waals surface area contributed by atoms with Crippen LogP contribution in [0.5, 0.6) is 0 Å². The second-order valence-corrected chi connectivity index (χ2v) is 28.4. The highest BCUT2D eigenvalue weighted by atomic mass is 15.0. The summed E-state index contributed by atoms with van der Waals surface area (Å²) < 4.78 is 5.22. The van der Waals surface area contributed by atoms with Crippen molar-refractivity contribution in [2.75, 3.05) is 0 Å². The summed E-state index contributed by atoms with van der Waals surface area (Å²) in [6.45, 7) is 0. The highest BCUT2D eigenvalue weighted by molar-refractivity contribution is 6.28. The van der Waals surface area contributed by atoms with Crippen molar-refractivity contribution in [2.45, 2.75) is 10.8 Å². The molecule has 106 heavy (non-hydrogen) atoms. The van der Waals surface area contributed by atoms with Gasteiger partial charge in [0.25, 0.3) is 0 Å². The number of hydrogen-bond donors (Lipinski definition) is 0. The SMILES string of the molecule is c1ccc(-c2c3cc4c(-c5ccccc5)c(-c5ccccc5)n(-c5ccc6c(c5)C(c5ccccc5)(c5ccccc5)c5ccccc5-6)c4cc3c(-c3ccccc3)c3cc4c(-c5ccccc5)c(-c5ccccc5)n(-c5ccc6c(c5)C(c5ccccc5)(c5ccccc5)c5ccccc5-6)c4cc23)cc1. The second-order valence-electron chi connectivity index (χ2n) is 28.4. The van der Waals surface area contributed by atoms with E-state index in [0.717, 1.165) is 77.9 Å². The fourth-order valence-electron chi connectivity index (χ4n) is 18.8. The molecule has 2 heterocycles. The number of rotatable bonds is 12. The molecule has 2 heteroatoms. The van der Waals surface area contributed by atoms with Crippen LogP contribution in [0.3, 0.4) is 0 Å². The number of nitrogens with zero attached hydrogens (tertiary/aromatic N) is 2. The molecule has 0 unspecified atom stereocenters. The molecular formula is C104H68N2. The van der Waals surface area contributed by atoms with Gasteiger partial charge in [0.1, 0.15) is 0 Å². The largest absolute Gasteiger partial charge is 0.309 e. The Morgan fingerprint density at radius 3 is 0.726 bits per heavy atom. The van der Waals surface area contributed by atoms with Crippen LogP contribution in [-0.2, 0) is 10.8 Å². The normalized spacial score (nSPS) is 13.1. The van der Waals surface area contributed by atoms with Crippen molar-refractivity contribution in [1.29, 1.82) is 0 Å². The molecule has 0 atom stereocenters. The van der Waals surface area contributed by atoms with Crippen LogP contribution in [0, 0.1) is 0 Å². The van der Waals surface area contributed by atoms with E-state index >= 15 is 0 Å². The van der Waals surface area contributed by atoms with E-state index in [0.29, 0.717) is 0 Å². The Morgan fingerprint density at radius 2 is 0.415 bits per heavy atom. The molecule has 0 saturated heterocycles. The van der Waals surface area contributed by atoms with Crippen molar-refractivity contribution in [3.8, 4) is 101 Å².